The lowest BCUT2D eigenvalue weighted by molar-refractivity contribution is 0.395. The van der Waals surface area contributed by atoms with Crippen molar-refractivity contribution >= 4 is 21.1 Å². The molecule has 1 aromatic heterocycles. The number of hydrogen-bond donors (Lipinski definition) is 0. The molecule has 1 heterocycles. The highest BCUT2D eigenvalue weighted by Gasteiger charge is 2.14. The molecule has 26 heavy (non-hydrogen) atoms. The van der Waals surface area contributed by atoms with Gasteiger partial charge in [0.2, 0.25) is 0 Å². The second kappa shape index (κ2) is 6.72. The summed E-state index contributed by atoms with van der Waals surface area (Å²) in [6.07, 6.45) is 0.937. The number of benzene rings is 2. The highest BCUT2D eigenvalue weighted by molar-refractivity contribution is 7.86. The molecule has 0 aliphatic rings. The van der Waals surface area contributed by atoms with Crippen molar-refractivity contribution in [3.05, 3.63) is 52.9 Å². The lowest BCUT2D eigenvalue weighted by Gasteiger charge is -2.10. The maximum Gasteiger partial charge on any atom is 0.344 e. The van der Waals surface area contributed by atoms with E-state index in [9.17, 15) is 13.2 Å². The summed E-state index contributed by atoms with van der Waals surface area (Å²) in [6, 6.07) is 11.2. The highest BCUT2D eigenvalue weighted by atomic mass is 32.2. The summed E-state index contributed by atoms with van der Waals surface area (Å²) in [5.41, 5.74) is 0.499. The van der Waals surface area contributed by atoms with E-state index in [1.807, 2.05) is 0 Å². The van der Waals surface area contributed by atoms with Crippen LogP contribution >= 0.6 is 0 Å². The summed E-state index contributed by atoms with van der Waals surface area (Å²) < 4.78 is 43.1. The minimum atomic E-state index is -3.67. The molecule has 2 aromatic carbocycles. The predicted octanol–water partition coefficient (Wildman–Crippen LogP) is 2.82. The zero-order valence-corrected chi connectivity index (χ0v) is 15.1. The Kier molecular flexibility index (Phi) is 4.60. The van der Waals surface area contributed by atoms with E-state index in [1.54, 1.807) is 30.3 Å². The van der Waals surface area contributed by atoms with E-state index in [4.69, 9.17) is 18.1 Å². The Morgan fingerprint density at radius 1 is 0.885 bits per heavy atom. The summed E-state index contributed by atoms with van der Waals surface area (Å²) in [5.74, 6) is 1.13. The third-order valence-electron chi connectivity index (χ3n) is 3.65. The van der Waals surface area contributed by atoms with Gasteiger partial charge in [0.25, 0.3) is 0 Å². The largest absolute Gasteiger partial charge is 0.497 e. The van der Waals surface area contributed by atoms with Crippen molar-refractivity contribution in [2.24, 2.45) is 0 Å². The van der Waals surface area contributed by atoms with Crippen LogP contribution in [0.4, 0.5) is 0 Å². The Morgan fingerprint density at radius 2 is 1.62 bits per heavy atom. The van der Waals surface area contributed by atoms with Crippen LogP contribution in [0.3, 0.4) is 0 Å². The first-order chi connectivity index (χ1) is 12.3. The number of fused-ring (bicyclic) bond motifs is 1. The normalized spacial score (nSPS) is 11.3. The van der Waals surface area contributed by atoms with Gasteiger partial charge in [-0.25, -0.2) is 4.79 Å². The molecule has 3 aromatic rings. The van der Waals surface area contributed by atoms with Crippen molar-refractivity contribution < 1.29 is 26.5 Å². The van der Waals surface area contributed by atoms with Crippen molar-refractivity contribution in [2.75, 3.05) is 20.5 Å². The Labute approximate surface area is 149 Å². The van der Waals surface area contributed by atoms with Crippen LogP contribution in [-0.2, 0) is 10.1 Å². The zero-order chi connectivity index (χ0) is 18.9. The average Bonchev–Trinajstić information content (AvgIpc) is 2.59. The molecule has 0 saturated heterocycles. The van der Waals surface area contributed by atoms with Crippen LogP contribution in [0.5, 0.6) is 17.2 Å². The average molecular weight is 376 g/mol. The van der Waals surface area contributed by atoms with Gasteiger partial charge in [0.1, 0.15) is 22.8 Å². The summed E-state index contributed by atoms with van der Waals surface area (Å²) in [4.78, 5) is 12.4. The smallest absolute Gasteiger partial charge is 0.344 e. The van der Waals surface area contributed by atoms with E-state index < -0.39 is 15.7 Å². The van der Waals surface area contributed by atoms with Crippen LogP contribution in [0, 0.1) is 0 Å². The molecule has 0 unspecified atom stereocenters. The second-order valence-electron chi connectivity index (χ2n) is 5.50. The molecule has 0 saturated carbocycles. The first-order valence-electron chi connectivity index (χ1n) is 7.50. The number of rotatable bonds is 5. The van der Waals surface area contributed by atoms with Gasteiger partial charge in [0.15, 0.2) is 0 Å². The van der Waals surface area contributed by atoms with Gasteiger partial charge in [0, 0.05) is 23.1 Å². The lowest BCUT2D eigenvalue weighted by Crippen LogP contribution is -2.06. The summed E-state index contributed by atoms with van der Waals surface area (Å²) in [5, 5.41) is 0.610. The highest BCUT2D eigenvalue weighted by Crippen LogP contribution is 2.33. The van der Waals surface area contributed by atoms with Gasteiger partial charge < -0.3 is 18.1 Å². The van der Waals surface area contributed by atoms with Crippen LogP contribution in [0.1, 0.15) is 0 Å². The fourth-order valence-electron chi connectivity index (χ4n) is 2.53. The van der Waals surface area contributed by atoms with Crippen LogP contribution in [0.15, 0.2) is 51.7 Å². The fraction of sp³-hybridized carbons (Fsp3) is 0.167. The van der Waals surface area contributed by atoms with Gasteiger partial charge in [-0.05, 0) is 30.3 Å². The van der Waals surface area contributed by atoms with Crippen molar-refractivity contribution in [1.82, 2.24) is 0 Å². The van der Waals surface area contributed by atoms with Gasteiger partial charge in [0.05, 0.1) is 26.0 Å². The minimum Gasteiger partial charge on any atom is -0.497 e. The number of methoxy groups -OCH3 is 2. The second-order valence-corrected chi connectivity index (χ2v) is 7.08. The van der Waals surface area contributed by atoms with E-state index >= 15 is 0 Å². The van der Waals surface area contributed by atoms with Gasteiger partial charge in [-0.2, -0.15) is 8.42 Å². The molecule has 0 aliphatic carbocycles. The van der Waals surface area contributed by atoms with E-state index in [0.29, 0.717) is 28.0 Å². The van der Waals surface area contributed by atoms with Crippen LogP contribution < -0.4 is 19.3 Å². The van der Waals surface area contributed by atoms with Gasteiger partial charge in [-0.15, -0.1) is 0 Å². The monoisotopic (exact) mass is 376 g/mol. The zero-order valence-electron chi connectivity index (χ0n) is 14.3. The molecule has 0 fully saturated rings. The minimum absolute atomic E-state index is 0.0675. The molecule has 7 nitrogen and oxygen atoms in total. The Hall–Kier alpha value is -3.00. The van der Waals surface area contributed by atoms with Crippen LogP contribution in [0.2, 0.25) is 0 Å². The number of hydrogen-bond acceptors (Lipinski definition) is 7. The van der Waals surface area contributed by atoms with Crippen LogP contribution in [-0.4, -0.2) is 28.9 Å². The molecule has 3 rings (SSSR count). The molecule has 0 spiro atoms. The van der Waals surface area contributed by atoms with Crippen molar-refractivity contribution in [1.29, 1.82) is 0 Å². The Bertz CT molecular complexity index is 1130. The summed E-state index contributed by atoms with van der Waals surface area (Å²) >= 11 is 0. The summed E-state index contributed by atoms with van der Waals surface area (Å²) in [6.45, 7) is 0. The maximum absolute atomic E-state index is 12.4. The van der Waals surface area contributed by atoms with E-state index in [1.165, 1.54) is 26.4 Å². The van der Waals surface area contributed by atoms with E-state index in [-0.39, 0.29) is 11.3 Å². The quantitative estimate of drug-likeness (QED) is 0.499. The topological polar surface area (TPSA) is 92.0 Å². The first kappa shape index (κ1) is 17.8. The SMILES string of the molecule is COc1ccc(-c2cc3ccc(OS(C)(=O)=O)cc3oc2=O)c(OC)c1. The molecule has 0 atom stereocenters. The molecule has 0 N–H and O–H groups in total. The van der Waals surface area contributed by atoms with Crippen molar-refractivity contribution in [3.63, 3.8) is 0 Å². The molecule has 8 heteroatoms. The fourth-order valence-corrected chi connectivity index (χ4v) is 2.98. The van der Waals surface area contributed by atoms with E-state index in [0.717, 1.165) is 6.26 Å². The third-order valence-corrected chi connectivity index (χ3v) is 4.15. The summed E-state index contributed by atoms with van der Waals surface area (Å²) in [7, 11) is -0.638. The Morgan fingerprint density at radius 3 is 2.27 bits per heavy atom. The molecule has 0 aliphatic heterocycles. The van der Waals surface area contributed by atoms with Gasteiger partial charge in [-0.3, -0.25) is 0 Å². The molecule has 0 bridgehead atoms. The van der Waals surface area contributed by atoms with Crippen molar-refractivity contribution in [2.45, 2.75) is 0 Å². The van der Waals surface area contributed by atoms with Gasteiger partial charge in [-0.1, -0.05) is 0 Å². The van der Waals surface area contributed by atoms with Crippen LogP contribution in [0.25, 0.3) is 22.1 Å². The Balaban J connectivity index is 2.13. The third kappa shape index (κ3) is 3.65. The maximum atomic E-state index is 12.4. The molecule has 0 amide bonds. The molecular weight excluding hydrogens is 360 g/mol. The molecular formula is C18H16O7S. The van der Waals surface area contributed by atoms with Gasteiger partial charge >= 0.3 is 15.7 Å². The van der Waals surface area contributed by atoms with E-state index in [2.05, 4.69) is 0 Å². The number of ether oxygens (including phenoxy) is 2. The standard InChI is InChI=1S/C18H16O7S/c1-22-12-6-7-14(17(9-12)23-2)15-8-11-4-5-13(25-26(3,20)21)10-16(11)24-18(15)19/h4-10H,1-3H3. The molecule has 0 radical (unpaired) electrons. The predicted molar refractivity (Wildman–Crippen MR) is 96.5 cm³/mol. The first-order valence-corrected chi connectivity index (χ1v) is 9.32. The lowest BCUT2D eigenvalue weighted by atomic mass is 10.0. The molecule has 136 valence electrons. The van der Waals surface area contributed by atoms with Crippen molar-refractivity contribution in [3.8, 4) is 28.4 Å².